The maximum Gasteiger partial charge on any atom is 0.410 e. The molecule has 0 spiro atoms. The predicted molar refractivity (Wildman–Crippen MR) is 122 cm³/mol. The number of piperazine rings is 1. The van der Waals surface area contributed by atoms with Crippen LogP contribution < -0.4 is 5.73 Å². The second kappa shape index (κ2) is 9.61. The number of nitrogen functional groups attached to an aromatic ring is 1. The van der Waals surface area contributed by atoms with Gasteiger partial charge in [0.1, 0.15) is 16.0 Å². The van der Waals surface area contributed by atoms with E-state index < -0.39 is 5.60 Å². The number of halogens is 1. The molecule has 166 valence electrons. The van der Waals surface area contributed by atoms with Gasteiger partial charge in [0.15, 0.2) is 5.82 Å². The third-order valence-electron chi connectivity index (χ3n) is 4.64. The standard InChI is InChI=1S/C21H27BrN6O3/c1-21(2,3)31-20(30)28-11-9-27(10-12-28)8-4-5-15-18(23)26-19(25-15)17(29)14-6-7-24-16(22)13-14/h4-7,13H,8-12,23H2,1-3H3,(H,25,26)/b5-4-. The van der Waals surface area contributed by atoms with Gasteiger partial charge in [0.25, 0.3) is 0 Å². The molecule has 0 unspecified atom stereocenters. The Labute approximate surface area is 189 Å². The molecule has 1 fully saturated rings. The molecule has 3 N–H and O–H groups in total. The highest BCUT2D eigenvalue weighted by atomic mass is 79.9. The van der Waals surface area contributed by atoms with Crippen LogP contribution in [0.4, 0.5) is 10.6 Å². The molecule has 0 aromatic carbocycles. The SMILES string of the molecule is CC(C)(C)OC(=O)N1CCN(C/C=C\c2[nH]c(C(=O)c3ccnc(Br)c3)nc2N)CC1. The molecule has 2 aromatic heterocycles. The Hall–Kier alpha value is -2.72. The van der Waals surface area contributed by atoms with Crippen molar-refractivity contribution in [2.75, 3.05) is 38.5 Å². The zero-order valence-electron chi connectivity index (χ0n) is 17.9. The second-order valence-corrected chi connectivity index (χ2v) is 9.06. The summed E-state index contributed by atoms with van der Waals surface area (Å²) in [5.41, 5.74) is 6.53. The molecule has 3 rings (SSSR count). The van der Waals surface area contributed by atoms with Gasteiger partial charge in [-0.2, -0.15) is 0 Å². The van der Waals surface area contributed by atoms with E-state index in [1.54, 1.807) is 23.2 Å². The van der Waals surface area contributed by atoms with Crippen molar-refractivity contribution >= 4 is 39.7 Å². The van der Waals surface area contributed by atoms with Crippen molar-refractivity contribution < 1.29 is 14.3 Å². The van der Waals surface area contributed by atoms with Crippen LogP contribution in [0.2, 0.25) is 0 Å². The van der Waals surface area contributed by atoms with Crippen LogP contribution in [0.3, 0.4) is 0 Å². The van der Waals surface area contributed by atoms with Crippen LogP contribution in [-0.4, -0.2) is 75.0 Å². The van der Waals surface area contributed by atoms with Crippen LogP contribution >= 0.6 is 15.9 Å². The Morgan fingerprint density at radius 1 is 1.29 bits per heavy atom. The Balaban J connectivity index is 1.53. The van der Waals surface area contributed by atoms with Gasteiger partial charge in [-0.1, -0.05) is 6.08 Å². The first-order valence-corrected chi connectivity index (χ1v) is 10.8. The highest BCUT2D eigenvalue weighted by Crippen LogP contribution is 2.16. The highest BCUT2D eigenvalue weighted by Gasteiger charge is 2.25. The summed E-state index contributed by atoms with van der Waals surface area (Å²) < 4.78 is 5.99. The summed E-state index contributed by atoms with van der Waals surface area (Å²) in [6.45, 7) is 9.03. The summed E-state index contributed by atoms with van der Waals surface area (Å²) in [5, 5.41) is 0. The number of aromatic amines is 1. The number of carbonyl (C=O) groups is 2. The third kappa shape index (κ3) is 6.38. The van der Waals surface area contributed by atoms with Gasteiger partial charge in [-0.25, -0.2) is 14.8 Å². The average molecular weight is 491 g/mol. The minimum absolute atomic E-state index is 0.182. The quantitative estimate of drug-likeness (QED) is 0.488. The van der Waals surface area contributed by atoms with Crippen molar-refractivity contribution in [1.82, 2.24) is 24.8 Å². The first kappa shape index (κ1) is 23.0. The van der Waals surface area contributed by atoms with E-state index in [9.17, 15) is 9.59 Å². The topological polar surface area (TPSA) is 117 Å². The number of pyridine rings is 1. The first-order chi connectivity index (χ1) is 14.6. The van der Waals surface area contributed by atoms with Crippen LogP contribution in [0.1, 0.15) is 42.6 Å². The number of amides is 1. The number of nitrogens with one attached hydrogen (secondary N) is 1. The predicted octanol–water partition coefficient (Wildman–Crippen LogP) is 2.95. The summed E-state index contributed by atoms with van der Waals surface area (Å²) in [5.74, 6) is 0.191. The smallest absolute Gasteiger partial charge is 0.410 e. The van der Waals surface area contributed by atoms with E-state index in [2.05, 4.69) is 35.8 Å². The minimum atomic E-state index is -0.491. The molecule has 0 aliphatic carbocycles. The number of ether oxygens (including phenoxy) is 1. The number of aromatic nitrogens is 3. The lowest BCUT2D eigenvalue weighted by molar-refractivity contribution is 0.0154. The number of H-pyrrole nitrogens is 1. The molecule has 3 heterocycles. The van der Waals surface area contributed by atoms with Crippen molar-refractivity contribution in [3.63, 3.8) is 0 Å². The van der Waals surface area contributed by atoms with E-state index in [0.29, 0.717) is 35.5 Å². The number of imidazole rings is 1. The molecule has 0 atom stereocenters. The number of rotatable bonds is 5. The van der Waals surface area contributed by atoms with Crippen molar-refractivity contribution in [1.29, 1.82) is 0 Å². The monoisotopic (exact) mass is 490 g/mol. The highest BCUT2D eigenvalue weighted by molar-refractivity contribution is 9.10. The number of hydrogen-bond donors (Lipinski definition) is 2. The van der Waals surface area contributed by atoms with E-state index in [1.807, 2.05) is 32.9 Å². The summed E-state index contributed by atoms with van der Waals surface area (Å²) in [6.07, 6.45) is 5.06. The molecule has 2 aromatic rings. The van der Waals surface area contributed by atoms with Crippen LogP contribution in [-0.2, 0) is 4.74 Å². The molecule has 0 radical (unpaired) electrons. The van der Waals surface area contributed by atoms with Gasteiger partial charge in [0, 0.05) is 44.5 Å². The van der Waals surface area contributed by atoms with Crippen molar-refractivity contribution in [3.05, 3.63) is 46.1 Å². The minimum Gasteiger partial charge on any atom is -0.444 e. The van der Waals surface area contributed by atoms with Gasteiger partial charge in [0.05, 0.1) is 5.69 Å². The van der Waals surface area contributed by atoms with E-state index in [1.165, 1.54) is 0 Å². The zero-order chi connectivity index (χ0) is 22.6. The van der Waals surface area contributed by atoms with E-state index in [4.69, 9.17) is 10.5 Å². The molecule has 1 aliphatic rings. The van der Waals surface area contributed by atoms with Crippen LogP contribution in [0, 0.1) is 0 Å². The fourth-order valence-electron chi connectivity index (χ4n) is 3.07. The third-order valence-corrected chi connectivity index (χ3v) is 5.07. The Bertz CT molecular complexity index is 974. The number of carbonyl (C=O) groups excluding carboxylic acids is 2. The van der Waals surface area contributed by atoms with Crippen LogP contribution in [0.15, 0.2) is 29.0 Å². The summed E-state index contributed by atoms with van der Waals surface area (Å²) >= 11 is 3.26. The van der Waals surface area contributed by atoms with Crippen molar-refractivity contribution in [3.8, 4) is 0 Å². The van der Waals surface area contributed by atoms with Gasteiger partial charge in [-0.15, -0.1) is 0 Å². The van der Waals surface area contributed by atoms with Crippen LogP contribution in [0.5, 0.6) is 0 Å². The average Bonchev–Trinajstić information content (AvgIpc) is 3.07. The molecule has 1 saturated heterocycles. The lowest BCUT2D eigenvalue weighted by atomic mass is 10.2. The molecule has 31 heavy (non-hydrogen) atoms. The lowest BCUT2D eigenvalue weighted by Crippen LogP contribution is -2.49. The number of ketones is 1. The van der Waals surface area contributed by atoms with Gasteiger partial charge < -0.3 is 20.4 Å². The molecule has 0 bridgehead atoms. The summed E-state index contributed by atoms with van der Waals surface area (Å²) in [4.78, 5) is 39.8. The zero-order valence-corrected chi connectivity index (χ0v) is 19.5. The number of nitrogens with zero attached hydrogens (tertiary/aromatic N) is 4. The Morgan fingerprint density at radius 3 is 2.65 bits per heavy atom. The van der Waals surface area contributed by atoms with E-state index in [0.717, 1.165) is 13.1 Å². The summed E-state index contributed by atoms with van der Waals surface area (Å²) in [7, 11) is 0. The number of nitrogens with two attached hydrogens (primary N) is 1. The molecular weight excluding hydrogens is 464 g/mol. The molecule has 1 aliphatic heterocycles. The summed E-state index contributed by atoms with van der Waals surface area (Å²) in [6, 6.07) is 3.26. The van der Waals surface area contributed by atoms with E-state index >= 15 is 0 Å². The Morgan fingerprint density at radius 2 is 2.00 bits per heavy atom. The van der Waals surface area contributed by atoms with Crippen LogP contribution in [0.25, 0.3) is 6.08 Å². The first-order valence-electron chi connectivity index (χ1n) is 10.0. The molecular formula is C21H27BrN6O3. The molecule has 0 saturated carbocycles. The van der Waals surface area contributed by atoms with Gasteiger partial charge >= 0.3 is 6.09 Å². The van der Waals surface area contributed by atoms with Gasteiger partial charge in [-0.3, -0.25) is 9.69 Å². The lowest BCUT2D eigenvalue weighted by Gasteiger charge is -2.35. The second-order valence-electron chi connectivity index (χ2n) is 8.25. The fraction of sp³-hybridized carbons (Fsp3) is 0.429. The maximum atomic E-state index is 12.6. The van der Waals surface area contributed by atoms with Gasteiger partial charge in [-0.05, 0) is 54.9 Å². The molecule has 1 amide bonds. The number of hydrogen-bond acceptors (Lipinski definition) is 7. The molecule has 10 heteroatoms. The fourth-order valence-corrected chi connectivity index (χ4v) is 3.44. The normalized spacial score (nSPS) is 15.4. The largest absolute Gasteiger partial charge is 0.444 e. The Kier molecular flexibility index (Phi) is 7.11. The number of anilines is 1. The van der Waals surface area contributed by atoms with E-state index in [-0.39, 0.29) is 23.5 Å². The van der Waals surface area contributed by atoms with Crippen molar-refractivity contribution in [2.24, 2.45) is 0 Å². The molecule has 9 nitrogen and oxygen atoms in total. The van der Waals surface area contributed by atoms with Gasteiger partial charge in [0.2, 0.25) is 5.78 Å². The van der Waals surface area contributed by atoms with Crippen molar-refractivity contribution in [2.45, 2.75) is 26.4 Å². The maximum absolute atomic E-state index is 12.6.